The third kappa shape index (κ3) is 1.44. The highest BCUT2D eigenvalue weighted by Crippen LogP contribution is 2.33. The van der Waals surface area contributed by atoms with Crippen molar-refractivity contribution in [3.8, 4) is 0 Å². The lowest BCUT2D eigenvalue weighted by Gasteiger charge is -2.27. The van der Waals surface area contributed by atoms with Crippen molar-refractivity contribution in [2.24, 2.45) is 16.8 Å². The number of hydrogen-bond donors (Lipinski definition) is 1. The molecule has 3 nitrogen and oxygen atoms in total. The molecule has 0 fully saturated rings. The summed E-state index contributed by atoms with van der Waals surface area (Å²) < 4.78 is 5.16. The van der Waals surface area contributed by atoms with E-state index in [9.17, 15) is 5.11 Å². The van der Waals surface area contributed by atoms with Crippen LogP contribution in [0.4, 0.5) is 0 Å². The van der Waals surface area contributed by atoms with Crippen LogP contribution in [0.2, 0.25) is 0 Å². The first-order chi connectivity index (χ1) is 6.72. The van der Waals surface area contributed by atoms with Gasteiger partial charge in [0.05, 0.1) is 25.1 Å². The van der Waals surface area contributed by atoms with Crippen molar-refractivity contribution in [1.29, 1.82) is 0 Å². The molecule has 0 aromatic carbocycles. The summed E-state index contributed by atoms with van der Waals surface area (Å²) in [5.41, 5.74) is 0. The fourth-order valence-electron chi connectivity index (χ4n) is 1.64. The van der Waals surface area contributed by atoms with Crippen LogP contribution >= 0.6 is 11.6 Å². The molecule has 0 spiro atoms. The van der Waals surface area contributed by atoms with Gasteiger partial charge in [0.15, 0.2) is 5.90 Å². The molecule has 2 atom stereocenters. The highest BCUT2D eigenvalue weighted by molar-refractivity contribution is 6.31. The van der Waals surface area contributed by atoms with Gasteiger partial charge in [-0.05, 0) is 6.08 Å². The summed E-state index contributed by atoms with van der Waals surface area (Å²) in [5, 5.41) is 10.2. The predicted molar refractivity (Wildman–Crippen MR) is 55.2 cm³/mol. The minimum absolute atomic E-state index is 0.0139. The van der Waals surface area contributed by atoms with Gasteiger partial charge in [0, 0.05) is 5.03 Å². The molecule has 0 saturated heterocycles. The Morgan fingerprint density at radius 1 is 1.50 bits per heavy atom. The largest absolute Gasteiger partial charge is 0.499 e. The lowest BCUT2D eigenvalue weighted by atomic mass is 9.85. The van der Waals surface area contributed by atoms with Crippen LogP contribution in [0, 0.1) is 11.8 Å². The molecule has 2 aliphatic rings. The third-order valence-electron chi connectivity index (χ3n) is 2.37. The van der Waals surface area contributed by atoms with Gasteiger partial charge in [-0.25, -0.2) is 4.99 Å². The van der Waals surface area contributed by atoms with E-state index in [0.29, 0.717) is 5.03 Å². The van der Waals surface area contributed by atoms with Crippen molar-refractivity contribution >= 4 is 17.5 Å². The van der Waals surface area contributed by atoms with Crippen molar-refractivity contribution in [3.63, 3.8) is 0 Å². The molecular formula is C10H10ClNO2. The number of aliphatic hydroxyl groups is 1. The molecule has 1 aliphatic carbocycles. The average Bonchev–Trinajstić information content (AvgIpc) is 2.19. The number of aliphatic hydroxyl groups excluding tert-OH is 1. The first-order valence-electron chi connectivity index (χ1n) is 4.28. The van der Waals surface area contributed by atoms with E-state index in [1.54, 1.807) is 19.3 Å². The number of rotatable bonds is 1. The number of fused-ring (bicyclic) bond motifs is 1. The maximum atomic E-state index is 9.55. The van der Waals surface area contributed by atoms with Crippen LogP contribution < -0.4 is 0 Å². The molecule has 0 aromatic rings. The molecule has 1 unspecified atom stereocenters. The molecule has 0 radical (unpaired) electrons. The van der Waals surface area contributed by atoms with E-state index in [1.807, 2.05) is 6.08 Å². The molecule has 74 valence electrons. The van der Waals surface area contributed by atoms with Crippen molar-refractivity contribution in [1.82, 2.24) is 0 Å². The van der Waals surface area contributed by atoms with Crippen molar-refractivity contribution in [2.75, 3.05) is 7.11 Å². The monoisotopic (exact) mass is 211 g/mol. The van der Waals surface area contributed by atoms with Crippen LogP contribution in [0.15, 0.2) is 40.2 Å². The molecule has 0 amide bonds. The number of ether oxygens (including phenoxy) is 1. The first-order valence-corrected chi connectivity index (χ1v) is 4.66. The molecule has 0 aromatic heterocycles. The molecule has 1 aliphatic heterocycles. The summed E-state index contributed by atoms with van der Waals surface area (Å²) >= 11 is 5.84. The van der Waals surface area contributed by atoms with Gasteiger partial charge in [-0.1, -0.05) is 23.8 Å². The highest BCUT2D eigenvalue weighted by atomic mass is 35.5. The second kappa shape index (κ2) is 3.50. The molecule has 1 heterocycles. The quantitative estimate of drug-likeness (QED) is 0.724. The van der Waals surface area contributed by atoms with Gasteiger partial charge in [-0.15, -0.1) is 0 Å². The van der Waals surface area contributed by atoms with Gasteiger partial charge in [0.25, 0.3) is 0 Å². The summed E-state index contributed by atoms with van der Waals surface area (Å²) in [4.78, 5) is 3.85. The number of nitrogens with zero attached hydrogens (tertiary/aromatic N) is 1. The SMILES string of the molecule is COC1=CN=C(O)[C@H]2C=C(Cl)C=CC12. The number of halogens is 1. The van der Waals surface area contributed by atoms with Gasteiger partial charge >= 0.3 is 0 Å². The fraction of sp³-hybridized carbons (Fsp3) is 0.300. The Labute approximate surface area is 87.0 Å². The topological polar surface area (TPSA) is 41.8 Å². The van der Waals surface area contributed by atoms with E-state index in [2.05, 4.69) is 4.99 Å². The van der Waals surface area contributed by atoms with E-state index >= 15 is 0 Å². The van der Waals surface area contributed by atoms with Crippen LogP contribution in [0.1, 0.15) is 0 Å². The summed E-state index contributed by atoms with van der Waals surface area (Å²) in [7, 11) is 1.59. The van der Waals surface area contributed by atoms with Crippen LogP contribution in [0.3, 0.4) is 0 Å². The Balaban J connectivity index is 2.37. The number of aliphatic imine (C=N–C) groups is 1. The Morgan fingerprint density at radius 2 is 2.29 bits per heavy atom. The minimum Gasteiger partial charge on any atom is -0.499 e. The van der Waals surface area contributed by atoms with Crippen LogP contribution in [0.5, 0.6) is 0 Å². The summed E-state index contributed by atoms with van der Waals surface area (Å²) in [5.74, 6) is 0.648. The van der Waals surface area contributed by atoms with E-state index in [-0.39, 0.29) is 17.7 Å². The number of allylic oxidation sites excluding steroid dienone is 3. The maximum Gasteiger partial charge on any atom is 0.193 e. The van der Waals surface area contributed by atoms with E-state index in [0.717, 1.165) is 5.76 Å². The van der Waals surface area contributed by atoms with Crippen LogP contribution in [0.25, 0.3) is 0 Å². The van der Waals surface area contributed by atoms with Crippen LogP contribution in [-0.4, -0.2) is 18.1 Å². The van der Waals surface area contributed by atoms with Gasteiger partial charge in [-0.2, -0.15) is 0 Å². The standard InChI is InChI=1S/C10H10ClNO2/c1-14-9-5-12-10(13)8-4-6(11)2-3-7(8)9/h2-5,7-8H,1H3,(H,12,13)/t7?,8-/m0/s1. The lowest BCUT2D eigenvalue weighted by molar-refractivity contribution is 0.239. The molecule has 0 bridgehead atoms. The fourth-order valence-corrected chi connectivity index (χ4v) is 1.85. The van der Waals surface area contributed by atoms with E-state index in [4.69, 9.17) is 16.3 Å². The zero-order valence-electron chi connectivity index (χ0n) is 7.64. The lowest BCUT2D eigenvalue weighted by Crippen LogP contribution is -2.27. The molecule has 2 rings (SSSR count). The van der Waals surface area contributed by atoms with E-state index in [1.165, 1.54) is 6.20 Å². The van der Waals surface area contributed by atoms with Crippen molar-refractivity contribution in [2.45, 2.75) is 0 Å². The Bertz CT molecular complexity index is 368. The van der Waals surface area contributed by atoms with Gasteiger partial charge < -0.3 is 9.84 Å². The van der Waals surface area contributed by atoms with E-state index < -0.39 is 0 Å². The predicted octanol–water partition coefficient (Wildman–Crippen LogP) is 2.37. The number of hydrogen-bond acceptors (Lipinski definition) is 2. The summed E-state index contributed by atoms with van der Waals surface area (Å²) in [6.07, 6.45) is 7.02. The third-order valence-corrected chi connectivity index (χ3v) is 2.63. The van der Waals surface area contributed by atoms with Crippen molar-refractivity contribution in [3.05, 3.63) is 35.2 Å². The van der Waals surface area contributed by atoms with Gasteiger partial charge in [-0.3, -0.25) is 0 Å². The zero-order chi connectivity index (χ0) is 10.1. The Morgan fingerprint density at radius 3 is 3.00 bits per heavy atom. The molecule has 1 N–H and O–H groups in total. The summed E-state index contributed by atoms with van der Waals surface area (Å²) in [6, 6.07) is 0. The van der Waals surface area contributed by atoms with Crippen LogP contribution in [-0.2, 0) is 4.74 Å². The Hall–Kier alpha value is -1.22. The average molecular weight is 212 g/mol. The zero-order valence-corrected chi connectivity index (χ0v) is 8.40. The molecule has 0 saturated carbocycles. The number of methoxy groups -OCH3 is 1. The van der Waals surface area contributed by atoms with Gasteiger partial charge in [0.1, 0.15) is 5.76 Å². The normalized spacial score (nSPS) is 30.0. The molecular weight excluding hydrogens is 202 g/mol. The second-order valence-corrected chi connectivity index (χ2v) is 3.62. The molecule has 14 heavy (non-hydrogen) atoms. The smallest absolute Gasteiger partial charge is 0.193 e. The second-order valence-electron chi connectivity index (χ2n) is 3.19. The first kappa shape index (κ1) is 9.34. The highest BCUT2D eigenvalue weighted by Gasteiger charge is 2.31. The molecule has 4 heteroatoms. The van der Waals surface area contributed by atoms with Crippen molar-refractivity contribution < 1.29 is 9.84 Å². The maximum absolute atomic E-state index is 9.55. The van der Waals surface area contributed by atoms with Gasteiger partial charge in [0.2, 0.25) is 0 Å². The minimum atomic E-state index is -0.188. The summed E-state index contributed by atoms with van der Waals surface area (Å²) in [6.45, 7) is 0. The Kier molecular flexibility index (Phi) is 2.33.